The lowest BCUT2D eigenvalue weighted by Gasteiger charge is -2.07. The second-order valence-electron chi connectivity index (χ2n) is 2.81. The molecule has 0 atom stereocenters. The van der Waals surface area contributed by atoms with Crippen molar-refractivity contribution in [2.24, 2.45) is 0 Å². The number of halogens is 1. The highest BCUT2D eigenvalue weighted by atomic mass is 19.1. The molecule has 0 radical (unpaired) electrons. The van der Waals surface area contributed by atoms with Crippen molar-refractivity contribution in [1.82, 2.24) is 0 Å². The molecule has 0 spiro atoms. The minimum atomic E-state index is -0.547. The summed E-state index contributed by atoms with van der Waals surface area (Å²) >= 11 is 0. The van der Waals surface area contributed by atoms with E-state index < -0.39 is 6.67 Å². The first kappa shape index (κ1) is 10.7. The fourth-order valence-electron chi connectivity index (χ4n) is 1.16. The number of Topliss-reactive ketones (excluding diaryl/α,β-unsaturated/α-hetero) is 1. The summed E-state index contributed by atoms with van der Waals surface area (Å²) in [5.41, 5.74) is 0.531. The number of carbonyl (C=O) groups excluding carboxylic acids is 1. The molecule has 0 heterocycles. The fraction of sp³-hybridized carbons (Fsp3) is 0.364. The van der Waals surface area contributed by atoms with Gasteiger partial charge in [-0.15, -0.1) is 0 Å². The van der Waals surface area contributed by atoms with Crippen LogP contribution in [0.1, 0.15) is 23.7 Å². The number of alkyl halides is 1. The van der Waals surface area contributed by atoms with Crippen molar-refractivity contribution >= 4 is 5.78 Å². The molecule has 1 rings (SSSR count). The first-order valence-corrected chi connectivity index (χ1v) is 4.60. The zero-order valence-electron chi connectivity index (χ0n) is 8.13. The Morgan fingerprint density at radius 3 is 2.79 bits per heavy atom. The van der Waals surface area contributed by atoms with Crippen LogP contribution in [0.25, 0.3) is 0 Å². The number of ether oxygens (including phenoxy) is 1. The van der Waals surface area contributed by atoms with E-state index in [0.717, 1.165) is 0 Å². The van der Waals surface area contributed by atoms with Crippen molar-refractivity contribution in [3.8, 4) is 5.75 Å². The average molecular weight is 196 g/mol. The number of hydrogen-bond donors (Lipinski definition) is 0. The Balaban J connectivity index is 2.85. The van der Waals surface area contributed by atoms with Crippen LogP contribution >= 0.6 is 0 Å². The van der Waals surface area contributed by atoms with Crippen LogP contribution in [0.5, 0.6) is 5.75 Å². The van der Waals surface area contributed by atoms with Gasteiger partial charge in [-0.2, -0.15) is 0 Å². The lowest BCUT2D eigenvalue weighted by atomic mass is 10.1. The lowest BCUT2D eigenvalue weighted by Crippen LogP contribution is -2.05. The monoisotopic (exact) mass is 196 g/mol. The Morgan fingerprint density at radius 1 is 1.43 bits per heavy atom. The first-order chi connectivity index (χ1) is 6.79. The molecule has 0 fully saturated rings. The Hall–Kier alpha value is -1.38. The maximum atomic E-state index is 11.9. The van der Waals surface area contributed by atoms with Gasteiger partial charge in [-0.25, -0.2) is 4.39 Å². The maximum absolute atomic E-state index is 11.9. The molecular formula is C11H13FO2. The molecule has 0 aliphatic rings. The van der Waals surface area contributed by atoms with E-state index in [2.05, 4.69) is 0 Å². The van der Waals surface area contributed by atoms with Crippen molar-refractivity contribution in [3.63, 3.8) is 0 Å². The van der Waals surface area contributed by atoms with Crippen molar-refractivity contribution in [3.05, 3.63) is 29.8 Å². The average Bonchev–Trinajstić information content (AvgIpc) is 2.25. The second kappa shape index (κ2) is 5.37. The Kier molecular flexibility index (Phi) is 4.11. The largest absolute Gasteiger partial charge is 0.490 e. The van der Waals surface area contributed by atoms with E-state index in [4.69, 9.17) is 4.74 Å². The van der Waals surface area contributed by atoms with Crippen LogP contribution in [-0.2, 0) is 0 Å². The van der Waals surface area contributed by atoms with Gasteiger partial charge in [-0.3, -0.25) is 4.79 Å². The number of ketones is 1. The third-order valence-electron chi connectivity index (χ3n) is 1.84. The fourth-order valence-corrected chi connectivity index (χ4v) is 1.16. The summed E-state index contributed by atoms with van der Waals surface area (Å²) in [5.74, 6) is 0.483. The zero-order chi connectivity index (χ0) is 10.4. The van der Waals surface area contributed by atoms with Crippen LogP contribution in [0.15, 0.2) is 24.3 Å². The molecule has 1 aromatic rings. The van der Waals surface area contributed by atoms with Gasteiger partial charge in [0.05, 0.1) is 5.56 Å². The Labute approximate surface area is 82.7 Å². The second-order valence-corrected chi connectivity index (χ2v) is 2.81. The lowest BCUT2D eigenvalue weighted by molar-refractivity contribution is 0.0983. The predicted molar refractivity (Wildman–Crippen MR) is 52.5 cm³/mol. The number of rotatable bonds is 5. The molecule has 0 aliphatic heterocycles. The highest BCUT2D eigenvalue weighted by molar-refractivity contribution is 5.98. The minimum absolute atomic E-state index is 0.00594. The van der Waals surface area contributed by atoms with Gasteiger partial charge in [-0.05, 0) is 12.1 Å². The van der Waals surface area contributed by atoms with Crippen molar-refractivity contribution in [2.75, 3.05) is 13.3 Å². The molecule has 0 saturated carbocycles. The molecule has 2 nitrogen and oxygen atoms in total. The molecule has 1 aromatic carbocycles. The van der Waals surface area contributed by atoms with Gasteiger partial charge in [0.1, 0.15) is 19.0 Å². The number of para-hydroxylation sites is 1. The summed E-state index contributed by atoms with van der Waals surface area (Å²) in [6.07, 6.45) is 0.427. The van der Waals surface area contributed by atoms with E-state index in [9.17, 15) is 9.18 Å². The summed E-state index contributed by atoms with van der Waals surface area (Å²) < 4.78 is 17.0. The van der Waals surface area contributed by atoms with E-state index >= 15 is 0 Å². The van der Waals surface area contributed by atoms with E-state index in [0.29, 0.717) is 17.7 Å². The van der Waals surface area contributed by atoms with E-state index in [-0.39, 0.29) is 12.4 Å². The number of hydrogen-bond acceptors (Lipinski definition) is 2. The van der Waals surface area contributed by atoms with Gasteiger partial charge >= 0.3 is 0 Å². The van der Waals surface area contributed by atoms with Gasteiger partial charge in [0.25, 0.3) is 0 Å². The summed E-state index contributed by atoms with van der Waals surface area (Å²) in [6.45, 7) is 1.23. The van der Waals surface area contributed by atoms with Crippen LogP contribution < -0.4 is 4.74 Å². The maximum Gasteiger partial charge on any atom is 0.166 e. The van der Waals surface area contributed by atoms with Crippen LogP contribution in [0, 0.1) is 0 Å². The van der Waals surface area contributed by atoms with Crippen LogP contribution in [0.2, 0.25) is 0 Å². The highest BCUT2D eigenvalue weighted by Crippen LogP contribution is 2.19. The molecule has 0 unspecified atom stereocenters. The smallest absolute Gasteiger partial charge is 0.166 e. The zero-order valence-corrected chi connectivity index (χ0v) is 8.13. The first-order valence-electron chi connectivity index (χ1n) is 4.60. The Bertz CT molecular complexity index is 310. The van der Waals surface area contributed by atoms with Gasteiger partial charge in [0.15, 0.2) is 5.78 Å². The molecule has 0 aromatic heterocycles. The molecule has 0 saturated heterocycles. The molecule has 3 heteroatoms. The van der Waals surface area contributed by atoms with E-state index in [1.165, 1.54) is 0 Å². The van der Waals surface area contributed by atoms with Crippen LogP contribution in [-0.4, -0.2) is 19.1 Å². The number of carbonyl (C=O) groups is 1. The van der Waals surface area contributed by atoms with E-state index in [1.54, 1.807) is 31.2 Å². The highest BCUT2D eigenvalue weighted by Gasteiger charge is 2.09. The predicted octanol–water partition coefficient (Wildman–Crippen LogP) is 2.63. The topological polar surface area (TPSA) is 26.3 Å². The van der Waals surface area contributed by atoms with Crippen LogP contribution in [0.3, 0.4) is 0 Å². The summed E-state index contributed by atoms with van der Waals surface area (Å²) in [7, 11) is 0. The van der Waals surface area contributed by atoms with Gasteiger partial charge in [0, 0.05) is 6.42 Å². The van der Waals surface area contributed by atoms with Gasteiger partial charge in [0.2, 0.25) is 0 Å². The quantitative estimate of drug-likeness (QED) is 0.677. The summed E-state index contributed by atoms with van der Waals surface area (Å²) in [5, 5.41) is 0. The third kappa shape index (κ3) is 2.55. The molecule has 0 aliphatic carbocycles. The van der Waals surface area contributed by atoms with Crippen molar-refractivity contribution in [2.45, 2.75) is 13.3 Å². The van der Waals surface area contributed by atoms with E-state index in [1.807, 2.05) is 0 Å². The van der Waals surface area contributed by atoms with Crippen molar-refractivity contribution < 1.29 is 13.9 Å². The number of benzene rings is 1. The Morgan fingerprint density at radius 2 is 2.14 bits per heavy atom. The van der Waals surface area contributed by atoms with Crippen LogP contribution in [0.4, 0.5) is 4.39 Å². The summed E-state index contributed by atoms with van der Waals surface area (Å²) in [6, 6.07) is 6.91. The van der Waals surface area contributed by atoms with Crippen molar-refractivity contribution in [1.29, 1.82) is 0 Å². The normalized spacial score (nSPS) is 9.86. The molecule has 0 N–H and O–H groups in total. The molecular weight excluding hydrogens is 183 g/mol. The standard InChI is InChI=1S/C11H13FO2/c1-2-10(13)9-5-3-4-6-11(9)14-8-7-12/h3-6H,2,7-8H2,1H3. The third-order valence-corrected chi connectivity index (χ3v) is 1.84. The minimum Gasteiger partial charge on any atom is -0.490 e. The molecule has 0 amide bonds. The molecule has 0 bridgehead atoms. The molecule has 76 valence electrons. The molecule has 14 heavy (non-hydrogen) atoms. The SMILES string of the molecule is CCC(=O)c1ccccc1OCCF. The van der Waals surface area contributed by atoms with Gasteiger partial charge in [-0.1, -0.05) is 19.1 Å². The summed E-state index contributed by atoms with van der Waals surface area (Å²) in [4.78, 5) is 11.4. The van der Waals surface area contributed by atoms with Gasteiger partial charge < -0.3 is 4.74 Å².